The number of benzene rings is 1. The molecule has 1 aromatic carbocycles. The zero-order valence-electron chi connectivity index (χ0n) is 10.9. The van der Waals surface area contributed by atoms with Crippen molar-refractivity contribution in [2.24, 2.45) is 0 Å². The predicted octanol–water partition coefficient (Wildman–Crippen LogP) is 3.76. The van der Waals surface area contributed by atoms with Gasteiger partial charge in [-0.25, -0.2) is 4.79 Å². The summed E-state index contributed by atoms with van der Waals surface area (Å²) < 4.78 is 0.567. The SMILES string of the molecule is Cc1cc(Cl)c(C(=O)Nc2cc(C(=O)O)ccc2Br)cn1. The smallest absolute Gasteiger partial charge is 0.335 e. The molecule has 0 aliphatic rings. The van der Waals surface area contributed by atoms with Crippen LogP contribution in [0.4, 0.5) is 5.69 Å². The van der Waals surface area contributed by atoms with Gasteiger partial charge in [0.1, 0.15) is 0 Å². The van der Waals surface area contributed by atoms with Crippen LogP contribution in [-0.2, 0) is 0 Å². The summed E-state index contributed by atoms with van der Waals surface area (Å²) in [5.74, 6) is -1.54. The van der Waals surface area contributed by atoms with E-state index in [0.29, 0.717) is 15.9 Å². The zero-order chi connectivity index (χ0) is 15.6. The molecule has 0 aliphatic carbocycles. The number of amides is 1. The number of pyridine rings is 1. The molecule has 0 atom stereocenters. The van der Waals surface area contributed by atoms with E-state index < -0.39 is 11.9 Å². The van der Waals surface area contributed by atoms with Crippen LogP contribution in [0.2, 0.25) is 5.02 Å². The minimum Gasteiger partial charge on any atom is -0.478 e. The fourth-order valence-electron chi connectivity index (χ4n) is 1.64. The van der Waals surface area contributed by atoms with E-state index in [4.69, 9.17) is 16.7 Å². The van der Waals surface area contributed by atoms with Crippen molar-refractivity contribution in [2.75, 3.05) is 5.32 Å². The Balaban J connectivity index is 2.31. The van der Waals surface area contributed by atoms with E-state index in [9.17, 15) is 9.59 Å². The first-order chi connectivity index (χ1) is 9.88. The number of anilines is 1. The van der Waals surface area contributed by atoms with Gasteiger partial charge in [0.25, 0.3) is 5.91 Å². The Morgan fingerprint density at radius 2 is 2.05 bits per heavy atom. The average molecular weight is 370 g/mol. The second kappa shape index (κ2) is 6.24. The zero-order valence-corrected chi connectivity index (χ0v) is 13.2. The van der Waals surface area contributed by atoms with Crippen molar-refractivity contribution in [3.63, 3.8) is 0 Å². The van der Waals surface area contributed by atoms with Gasteiger partial charge in [-0.3, -0.25) is 9.78 Å². The number of hydrogen-bond donors (Lipinski definition) is 2. The number of aromatic nitrogens is 1. The molecule has 21 heavy (non-hydrogen) atoms. The third-order valence-corrected chi connectivity index (χ3v) is 3.70. The van der Waals surface area contributed by atoms with E-state index in [2.05, 4.69) is 26.2 Å². The summed E-state index contributed by atoms with van der Waals surface area (Å²) in [7, 11) is 0. The predicted molar refractivity (Wildman–Crippen MR) is 83.0 cm³/mol. The lowest BCUT2D eigenvalue weighted by Crippen LogP contribution is -2.14. The minimum atomic E-state index is -1.08. The van der Waals surface area contributed by atoms with Crippen LogP contribution in [0.3, 0.4) is 0 Å². The molecule has 1 heterocycles. The van der Waals surface area contributed by atoms with Gasteiger partial charge in [-0.05, 0) is 47.1 Å². The average Bonchev–Trinajstić information content (AvgIpc) is 2.40. The Hall–Kier alpha value is -1.92. The first-order valence-electron chi connectivity index (χ1n) is 5.85. The van der Waals surface area contributed by atoms with Gasteiger partial charge >= 0.3 is 5.97 Å². The van der Waals surface area contributed by atoms with Crippen LogP contribution in [0.25, 0.3) is 0 Å². The molecule has 0 radical (unpaired) electrons. The molecule has 2 N–H and O–H groups in total. The maximum absolute atomic E-state index is 12.2. The van der Waals surface area contributed by atoms with Crippen molar-refractivity contribution in [3.05, 3.63) is 56.8 Å². The number of hydrogen-bond acceptors (Lipinski definition) is 3. The first-order valence-corrected chi connectivity index (χ1v) is 7.02. The van der Waals surface area contributed by atoms with E-state index in [1.807, 2.05) is 0 Å². The van der Waals surface area contributed by atoms with E-state index in [-0.39, 0.29) is 16.1 Å². The Morgan fingerprint density at radius 1 is 1.33 bits per heavy atom. The van der Waals surface area contributed by atoms with Crippen LogP contribution >= 0.6 is 27.5 Å². The third kappa shape index (κ3) is 3.59. The number of rotatable bonds is 3. The molecular weight excluding hydrogens is 360 g/mol. The molecule has 0 unspecified atom stereocenters. The summed E-state index contributed by atoms with van der Waals surface area (Å²) in [6.45, 7) is 1.76. The standard InChI is InChI=1S/C14H10BrClN2O3/c1-7-4-11(16)9(6-17-7)13(19)18-12-5-8(14(20)21)2-3-10(12)15/h2-6H,1H3,(H,18,19)(H,20,21). The Bertz CT molecular complexity index is 734. The number of carboxylic acid groups (broad SMARTS) is 1. The summed E-state index contributed by atoms with van der Waals surface area (Å²) in [5, 5.41) is 11.9. The van der Waals surface area contributed by atoms with Crippen LogP contribution in [0, 0.1) is 6.92 Å². The van der Waals surface area contributed by atoms with Gasteiger partial charge in [0.15, 0.2) is 0 Å². The molecule has 0 saturated carbocycles. The third-order valence-electron chi connectivity index (χ3n) is 2.70. The quantitative estimate of drug-likeness (QED) is 0.863. The van der Waals surface area contributed by atoms with Gasteiger partial charge in [-0.2, -0.15) is 0 Å². The number of nitrogens with zero attached hydrogens (tertiary/aromatic N) is 1. The van der Waals surface area contributed by atoms with E-state index in [1.165, 1.54) is 18.3 Å². The van der Waals surface area contributed by atoms with Crippen LogP contribution in [0.5, 0.6) is 0 Å². The number of carboxylic acids is 1. The molecule has 0 fully saturated rings. The monoisotopic (exact) mass is 368 g/mol. The van der Waals surface area contributed by atoms with Crippen molar-refractivity contribution < 1.29 is 14.7 Å². The lowest BCUT2D eigenvalue weighted by atomic mass is 10.2. The van der Waals surface area contributed by atoms with Crippen molar-refractivity contribution in [3.8, 4) is 0 Å². The van der Waals surface area contributed by atoms with E-state index >= 15 is 0 Å². The molecule has 0 aliphatic heterocycles. The number of halogens is 2. The van der Waals surface area contributed by atoms with E-state index in [0.717, 1.165) is 0 Å². The summed E-state index contributed by atoms with van der Waals surface area (Å²) >= 11 is 9.26. The molecule has 0 spiro atoms. The Kier molecular flexibility index (Phi) is 4.59. The topological polar surface area (TPSA) is 79.3 Å². The number of nitrogens with one attached hydrogen (secondary N) is 1. The molecule has 1 aromatic heterocycles. The van der Waals surface area contributed by atoms with Gasteiger partial charge in [-0.15, -0.1) is 0 Å². The number of carbonyl (C=O) groups is 2. The van der Waals surface area contributed by atoms with Crippen molar-refractivity contribution in [2.45, 2.75) is 6.92 Å². The summed E-state index contributed by atoms with van der Waals surface area (Å²) in [6, 6.07) is 5.93. The Morgan fingerprint density at radius 3 is 2.67 bits per heavy atom. The number of aryl methyl sites for hydroxylation is 1. The van der Waals surface area contributed by atoms with Gasteiger partial charge in [0.2, 0.25) is 0 Å². The van der Waals surface area contributed by atoms with Crippen LogP contribution in [-0.4, -0.2) is 22.0 Å². The molecule has 0 saturated heterocycles. The molecule has 108 valence electrons. The molecule has 7 heteroatoms. The first kappa shape index (κ1) is 15.5. The molecule has 2 rings (SSSR count). The van der Waals surface area contributed by atoms with Crippen LogP contribution in [0.1, 0.15) is 26.4 Å². The molecule has 5 nitrogen and oxygen atoms in total. The Labute approximate surface area is 134 Å². The van der Waals surface area contributed by atoms with Gasteiger partial charge in [-0.1, -0.05) is 11.6 Å². The maximum atomic E-state index is 12.2. The molecule has 0 bridgehead atoms. The summed E-state index contributed by atoms with van der Waals surface area (Å²) in [6.07, 6.45) is 1.38. The van der Waals surface area contributed by atoms with Crippen molar-refractivity contribution >= 4 is 45.1 Å². The minimum absolute atomic E-state index is 0.0710. The fourth-order valence-corrected chi connectivity index (χ4v) is 2.28. The highest BCUT2D eigenvalue weighted by molar-refractivity contribution is 9.10. The lowest BCUT2D eigenvalue weighted by Gasteiger charge is -2.09. The largest absolute Gasteiger partial charge is 0.478 e. The maximum Gasteiger partial charge on any atom is 0.335 e. The van der Waals surface area contributed by atoms with Crippen LogP contribution in [0.15, 0.2) is 34.9 Å². The van der Waals surface area contributed by atoms with Gasteiger partial charge in [0, 0.05) is 16.4 Å². The highest BCUT2D eigenvalue weighted by Gasteiger charge is 2.14. The molecule has 1 amide bonds. The number of aromatic carboxylic acids is 1. The van der Waals surface area contributed by atoms with Crippen molar-refractivity contribution in [1.82, 2.24) is 4.98 Å². The fraction of sp³-hybridized carbons (Fsp3) is 0.0714. The highest BCUT2D eigenvalue weighted by Crippen LogP contribution is 2.25. The number of carbonyl (C=O) groups excluding carboxylic acids is 1. The summed E-state index contributed by atoms with van der Waals surface area (Å²) in [5.41, 5.74) is 1.33. The normalized spacial score (nSPS) is 10.2. The van der Waals surface area contributed by atoms with Gasteiger partial charge < -0.3 is 10.4 Å². The second-order valence-electron chi connectivity index (χ2n) is 4.26. The van der Waals surface area contributed by atoms with Crippen molar-refractivity contribution in [1.29, 1.82) is 0 Å². The molecular formula is C14H10BrClN2O3. The highest BCUT2D eigenvalue weighted by atomic mass is 79.9. The second-order valence-corrected chi connectivity index (χ2v) is 5.52. The van der Waals surface area contributed by atoms with E-state index in [1.54, 1.807) is 19.1 Å². The molecule has 2 aromatic rings. The van der Waals surface area contributed by atoms with Gasteiger partial charge in [0.05, 0.1) is 21.8 Å². The van der Waals surface area contributed by atoms with Crippen LogP contribution < -0.4 is 5.32 Å². The lowest BCUT2D eigenvalue weighted by molar-refractivity contribution is 0.0696. The summed E-state index contributed by atoms with van der Waals surface area (Å²) in [4.78, 5) is 27.1.